The van der Waals surface area contributed by atoms with E-state index in [9.17, 15) is 9.18 Å². The fraction of sp³-hybridized carbons (Fsp3) is 0.0769. The van der Waals surface area contributed by atoms with E-state index in [0.717, 1.165) is 0 Å². The van der Waals surface area contributed by atoms with E-state index >= 15 is 0 Å². The van der Waals surface area contributed by atoms with Crippen molar-refractivity contribution >= 4 is 5.97 Å². The van der Waals surface area contributed by atoms with E-state index in [4.69, 9.17) is 4.74 Å². The van der Waals surface area contributed by atoms with Gasteiger partial charge in [-0.05, 0) is 30.3 Å². The third-order valence-electron chi connectivity index (χ3n) is 2.19. The van der Waals surface area contributed by atoms with Crippen LogP contribution in [-0.2, 0) is 4.74 Å². The van der Waals surface area contributed by atoms with E-state index in [0.29, 0.717) is 17.2 Å². The van der Waals surface area contributed by atoms with Gasteiger partial charge in [0.2, 0.25) is 5.88 Å². The maximum atomic E-state index is 12.7. The highest BCUT2D eigenvalue weighted by molar-refractivity contribution is 5.88. The first-order valence-corrected chi connectivity index (χ1v) is 5.17. The standard InChI is InChI=1S/C13H10FNO3/c1-17-13(16)9-2-7-12(15-8-9)18-11-5-3-10(14)4-6-11/h2-8H,1H3. The molecule has 0 spiro atoms. The predicted molar refractivity (Wildman–Crippen MR) is 62.1 cm³/mol. The molecular weight excluding hydrogens is 237 g/mol. The molecule has 92 valence electrons. The molecule has 0 N–H and O–H groups in total. The fourth-order valence-corrected chi connectivity index (χ4v) is 1.30. The number of aromatic nitrogens is 1. The Hall–Kier alpha value is -2.43. The average molecular weight is 247 g/mol. The molecule has 0 unspecified atom stereocenters. The monoisotopic (exact) mass is 247 g/mol. The number of esters is 1. The SMILES string of the molecule is COC(=O)c1ccc(Oc2ccc(F)cc2)nc1. The zero-order valence-electron chi connectivity index (χ0n) is 9.59. The van der Waals surface area contributed by atoms with E-state index in [1.807, 2.05) is 0 Å². The smallest absolute Gasteiger partial charge is 0.339 e. The topological polar surface area (TPSA) is 48.4 Å². The summed E-state index contributed by atoms with van der Waals surface area (Å²) in [5.74, 6) is -0.0174. The number of hydrogen-bond donors (Lipinski definition) is 0. The van der Waals surface area contributed by atoms with Crippen molar-refractivity contribution in [3.05, 3.63) is 54.0 Å². The number of methoxy groups -OCH3 is 1. The molecule has 0 saturated carbocycles. The summed E-state index contributed by atoms with van der Waals surface area (Å²) >= 11 is 0. The molecule has 0 saturated heterocycles. The van der Waals surface area contributed by atoms with Gasteiger partial charge in [0.1, 0.15) is 11.6 Å². The van der Waals surface area contributed by atoms with Crippen molar-refractivity contribution in [3.63, 3.8) is 0 Å². The molecule has 1 heterocycles. The lowest BCUT2D eigenvalue weighted by molar-refractivity contribution is 0.0600. The first-order valence-electron chi connectivity index (χ1n) is 5.17. The number of halogens is 1. The molecule has 1 aromatic carbocycles. The maximum absolute atomic E-state index is 12.7. The van der Waals surface area contributed by atoms with Gasteiger partial charge in [-0.25, -0.2) is 14.2 Å². The van der Waals surface area contributed by atoms with Gasteiger partial charge < -0.3 is 9.47 Å². The van der Waals surface area contributed by atoms with E-state index in [1.54, 1.807) is 0 Å². The third-order valence-corrected chi connectivity index (χ3v) is 2.19. The van der Waals surface area contributed by atoms with Crippen molar-refractivity contribution < 1.29 is 18.7 Å². The minimum absolute atomic E-state index is 0.314. The molecule has 0 atom stereocenters. The summed E-state index contributed by atoms with van der Waals surface area (Å²) in [4.78, 5) is 15.1. The minimum atomic E-state index is -0.462. The van der Waals surface area contributed by atoms with Gasteiger partial charge in [-0.3, -0.25) is 0 Å². The van der Waals surface area contributed by atoms with Crippen LogP contribution >= 0.6 is 0 Å². The summed E-state index contributed by atoms with van der Waals surface area (Å²) in [6, 6.07) is 8.64. The molecule has 18 heavy (non-hydrogen) atoms. The van der Waals surface area contributed by atoms with Crippen LogP contribution in [0.4, 0.5) is 4.39 Å². The molecule has 2 rings (SSSR count). The molecule has 4 nitrogen and oxygen atoms in total. The van der Waals surface area contributed by atoms with Crippen molar-refractivity contribution in [2.45, 2.75) is 0 Å². The highest BCUT2D eigenvalue weighted by Crippen LogP contribution is 2.19. The van der Waals surface area contributed by atoms with Crippen LogP contribution in [0.5, 0.6) is 11.6 Å². The highest BCUT2D eigenvalue weighted by Gasteiger charge is 2.06. The predicted octanol–water partition coefficient (Wildman–Crippen LogP) is 2.80. The normalized spacial score (nSPS) is 9.89. The van der Waals surface area contributed by atoms with E-state index in [2.05, 4.69) is 9.72 Å². The first-order chi connectivity index (χ1) is 8.69. The summed E-state index contributed by atoms with van der Waals surface area (Å²) in [5.41, 5.74) is 0.337. The lowest BCUT2D eigenvalue weighted by atomic mass is 10.3. The molecule has 0 aliphatic rings. The van der Waals surface area contributed by atoms with E-state index < -0.39 is 5.97 Å². The molecule has 0 bridgehead atoms. The molecular formula is C13H10FNO3. The maximum Gasteiger partial charge on any atom is 0.339 e. The molecule has 2 aromatic rings. The summed E-state index contributed by atoms with van der Waals surface area (Å²) in [6.07, 6.45) is 1.35. The van der Waals surface area contributed by atoms with Gasteiger partial charge in [0.05, 0.1) is 12.7 Å². The van der Waals surface area contributed by atoms with Gasteiger partial charge in [-0.15, -0.1) is 0 Å². The van der Waals surface area contributed by atoms with Gasteiger partial charge in [0, 0.05) is 12.3 Å². The fourth-order valence-electron chi connectivity index (χ4n) is 1.30. The Bertz CT molecular complexity index is 537. The Labute approximate surface area is 103 Å². The minimum Gasteiger partial charge on any atom is -0.465 e. The van der Waals surface area contributed by atoms with Crippen molar-refractivity contribution in [2.24, 2.45) is 0 Å². The van der Waals surface area contributed by atoms with Crippen molar-refractivity contribution in [1.82, 2.24) is 4.98 Å². The summed E-state index contributed by atoms with van der Waals surface area (Å²) in [6.45, 7) is 0. The number of rotatable bonds is 3. The number of benzene rings is 1. The van der Waals surface area contributed by atoms with Gasteiger partial charge in [-0.2, -0.15) is 0 Å². The van der Waals surface area contributed by atoms with Crippen LogP contribution in [0.25, 0.3) is 0 Å². The van der Waals surface area contributed by atoms with Crippen LogP contribution in [0.2, 0.25) is 0 Å². The quantitative estimate of drug-likeness (QED) is 0.782. The average Bonchev–Trinajstić information content (AvgIpc) is 2.41. The summed E-state index contributed by atoms with van der Waals surface area (Å²) in [5, 5.41) is 0. The Kier molecular flexibility index (Phi) is 3.52. The number of hydrogen-bond acceptors (Lipinski definition) is 4. The lowest BCUT2D eigenvalue weighted by Gasteiger charge is -2.04. The Morgan fingerprint density at radius 1 is 1.17 bits per heavy atom. The molecule has 5 heteroatoms. The van der Waals surface area contributed by atoms with Crippen LogP contribution in [0, 0.1) is 5.82 Å². The number of nitrogens with zero attached hydrogens (tertiary/aromatic N) is 1. The molecule has 0 aliphatic carbocycles. The third kappa shape index (κ3) is 2.82. The molecule has 0 fully saturated rings. The van der Waals surface area contributed by atoms with Crippen LogP contribution in [0.15, 0.2) is 42.6 Å². The van der Waals surface area contributed by atoms with Crippen LogP contribution in [-0.4, -0.2) is 18.1 Å². The Balaban J connectivity index is 2.10. The number of carbonyl (C=O) groups excluding carboxylic acids is 1. The molecule has 0 aliphatic heterocycles. The first kappa shape index (κ1) is 12.0. The highest BCUT2D eigenvalue weighted by atomic mass is 19.1. The second-order valence-electron chi connectivity index (χ2n) is 3.43. The second kappa shape index (κ2) is 5.27. The zero-order chi connectivity index (χ0) is 13.0. The van der Waals surface area contributed by atoms with E-state index in [1.165, 1.54) is 49.7 Å². The van der Waals surface area contributed by atoms with Crippen molar-refractivity contribution in [2.75, 3.05) is 7.11 Å². The second-order valence-corrected chi connectivity index (χ2v) is 3.43. The van der Waals surface area contributed by atoms with Crippen LogP contribution in [0.3, 0.4) is 0 Å². The van der Waals surface area contributed by atoms with Crippen molar-refractivity contribution in [1.29, 1.82) is 0 Å². The van der Waals surface area contributed by atoms with Crippen LogP contribution in [0.1, 0.15) is 10.4 Å². The summed E-state index contributed by atoms with van der Waals surface area (Å²) < 4.78 is 22.6. The summed E-state index contributed by atoms with van der Waals surface area (Å²) in [7, 11) is 1.30. The Morgan fingerprint density at radius 2 is 1.89 bits per heavy atom. The number of pyridine rings is 1. The Morgan fingerprint density at radius 3 is 2.44 bits per heavy atom. The lowest BCUT2D eigenvalue weighted by Crippen LogP contribution is -2.01. The van der Waals surface area contributed by atoms with Gasteiger partial charge in [0.25, 0.3) is 0 Å². The van der Waals surface area contributed by atoms with Crippen LogP contribution < -0.4 is 4.74 Å². The zero-order valence-corrected chi connectivity index (χ0v) is 9.59. The number of carbonyl (C=O) groups is 1. The largest absolute Gasteiger partial charge is 0.465 e. The van der Waals surface area contributed by atoms with E-state index in [-0.39, 0.29) is 5.82 Å². The van der Waals surface area contributed by atoms with Gasteiger partial charge in [-0.1, -0.05) is 0 Å². The van der Waals surface area contributed by atoms with Gasteiger partial charge >= 0.3 is 5.97 Å². The molecule has 0 amide bonds. The number of ether oxygens (including phenoxy) is 2. The molecule has 1 aromatic heterocycles. The molecule has 0 radical (unpaired) electrons. The van der Waals surface area contributed by atoms with Crippen molar-refractivity contribution in [3.8, 4) is 11.6 Å². The van der Waals surface area contributed by atoms with Gasteiger partial charge in [0.15, 0.2) is 0 Å².